The summed E-state index contributed by atoms with van der Waals surface area (Å²) in [6, 6.07) is 3.74. The number of anilines is 1. The van der Waals surface area contributed by atoms with E-state index in [0.29, 0.717) is 17.4 Å². The highest BCUT2D eigenvalue weighted by atomic mass is 35.5. The van der Waals surface area contributed by atoms with E-state index in [1.807, 2.05) is 18.3 Å². The summed E-state index contributed by atoms with van der Waals surface area (Å²) in [6.45, 7) is 6.25. The van der Waals surface area contributed by atoms with Crippen molar-refractivity contribution in [3.63, 3.8) is 0 Å². The second-order valence-corrected chi connectivity index (χ2v) is 6.44. The van der Waals surface area contributed by atoms with Crippen LogP contribution >= 0.6 is 12.4 Å². The van der Waals surface area contributed by atoms with E-state index in [1.165, 1.54) is 0 Å². The number of halogens is 1. The molecule has 0 saturated carbocycles. The first-order valence-corrected chi connectivity index (χ1v) is 7.61. The quantitative estimate of drug-likeness (QED) is 0.765. The molecular weight excluding hydrogens is 342 g/mol. The molecule has 3 rings (SSSR count). The van der Waals surface area contributed by atoms with Crippen LogP contribution in [0.1, 0.15) is 20.8 Å². The van der Waals surface area contributed by atoms with E-state index in [9.17, 15) is 0 Å². The molecule has 0 aliphatic heterocycles. The molecule has 0 bridgehead atoms. The number of hydrogen-bond donors (Lipinski definition) is 1. The molecule has 0 spiro atoms. The van der Waals surface area contributed by atoms with Crippen LogP contribution < -0.4 is 14.8 Å². The lowest BCUT2D eigenvalue weighted by atomic mass is 10.1. The molecule has 2 aromatic heterocycles. The maximum absolute atomic E-state index is 5.41. The van der Waals surface area contributed by atoms with Gasteiger partial charge in [-0.3, -0.25) is 4.57 Å². The Morgan fingerprint density at radius 1 is 1.04 bits per heavy atom. The number of rotatable bonds is 4. The Kier molecular flexibility index (Phi) is 5.37. The van der Waals surface area contributed by atoms with Gasteiger partial charge in [0.25, 0.3) is 0 Å². The molecule has 1 N–H and O–H groups in total. The van der Waals surface area contributed by atoms with Crippen molar-refractivity contribution in [2.75, 3.05) is 19.5 Å². The number of hydrogen-bond acceptors (Lipinski definition) is 6. The van der Waals surface area contributed by atoms with Gasteiger partial charge in [0.2, 0.25) is 5.95 Å². The van der Waals surface area contributed by atoms with Gasteiger partial charge in [-0.05, 0) is 26.8 Å². The number of methoxy groups -OCH3 is 2. The second-order valence-electron chi connectivity index (χ2n) is 6.44. The summed E-state index contributed by atoms with van der Waals surface area (Å²) in [5, 5.41) is 4.30. The minimum atomic E-state index is -0.152. The van der Waals surface area contributed by atoms with E-state index in [4.69, 9.17) is 9.47 Å². The van der Waals surface area contributed by atoms with Crippen LogP contribution in [0.5, 0.6) is 11.5 Å². The van der Waals surface area contributed by atoms with Crippen LogP contribution in [0.25, 0.3) is 16.9 Å². The Bertz CT molecular complexity index is 860. The van der Waals surface area contributed by atoms with Gasteiger partial charge in [0.15, 0.2) is 11.5 Å². The molecule has 0 saturated heterocycles. The van der Waals surface area contributed by atoms with Crippen LogP contribution in [-0.2, 0) is 0 Å². The number of aromatic nitrogens is 4. The number of benzene rings is 1. The molecular formula is C17H22ClN5O2. The number of nitrogens with one attached hydrogen (secondary N) is 1. The molecule has 1 aromatic carbocycles. The van der Waals surface area contributed by atoms with Crippen molar-refractivity contribution in [3.05, 3.63) is 30.9 Å². The number of nitrogens with zero attached hydrogens (tertiary/aromatic N) is 4. The fourth-order valence-corrected chi connectivity index (χ4v) is 2.39. The highest BCUT2D eigenvalue weighted by Crippen LogP contribution is 2.35. The molecule has 2 heterocycles. The normalized spacial score (nSPS) is 11.1. The summed E-state index contributed by atoms with van der Waals surface area (Å²) in [6.07, 6.45) is 5.17. The van der Waals surface area contributed by atoms with Crippen molar-refractivity contribution in [3.8, 4) is 17.4 Å². The highest BCUT2D eigenvalue weighted by molar-refractivity contribution is 5.92. The molecule has 0 unspecified atom stereocenters. The van der Waals surface area contributed by atoms with E-state index >= 15 is 0 Å². The predicted octanol–water partition coefficient (Wildman–Crippen LogP) is 3.46. The topological polar surface area (TPSA) is 74.1 Å². The maximum Gasteiger partial charge on any atom is 0.237 e. The average molecular weight is 364 g/mol. The number of imidazole rings is 1. The molecule has 25 heavy (non-hydrogen) atoms. The molecule has 7 nitrogen and oxygen atoms in total. The first-order valence-electron chi connectivity index (χ1n) is 7.61. The average Bonchev–Trinajstić information content (AvgIpc) is 3.06. The van der Waals surface area contributed by atoms with Crippen molar-refractivity contribution < 1.29 is 9.47 Å². The summed E-state index contributed by atoms with van der Waals surface area (Å²) >= 11 is 0. The molecule has 0 aliphatic carbocycles. The molecule has 0 radical (unpaired) electrons. The molecule has 134 valence electrons. The summed E-state index contributed by atoms with van der Waals surface area (Å²) in [5.74, 6) is 2.54. The molecule has 8 heteroatoms. The van der Waals surface area contributed by atoms with Gasteiger partial charge >= 0.3 is 0 Å². The lowest BCUT2D eigenvalue weighted by Gasteiger charge is -2.23. The number of ether oxygens (including phenoxy) is 2. The fourth-order valence-electron chi connectivity index (χ4n) is 2.39. The maximum atomic E-state index is 5.41. The summed E-state index contributed by atoms with van der Waals surface area (Å²) < 4.78 is 12.6. The lowest BCUT2D eigenvalue weighted by Crippen LogP contribution is -2.27. The zero-order valence-electron chi connectivity index (χ0n) is 14.9. The van der Waals surface area contributed by atoms with Crippen LogP contribution in [0.4, 0.5) is 5.82 Å². The minimum Gasteiger partial charge on any atom is -0.493 e. The predicted molar refractivity (Wildman–Crippen MR) is 100 cm³/mol. The van der Waals surface area contributed by atoms with Gasteiger partial charge in [-0.2, -0.15) is 4.98 Å². The Morgan fingerprint density at radius 3 is 2.28 bits per heavy atom. The summed E-state index contributed by atoms with van der Waals surface area (Å²) in [7, 11) is 3.22. The van der Waals surface area contributed by atoms with Crippen LogP contribution in [-0.4, -0.2) is 39.3 Å². The number of fused-ring (bicyclic) bond motifs is 1. The van der Waals surface area contributed by atoms with Crippen molar-refractivity contribution in [1.29, 1.82) is 0 Å². The SMILES string of the molecule is COc1cc2nc(-n3ccnc3)nc(NC(C)(C)C)c2cc1OC.Cl. The monoisotopic (exact) mass is 363 g/mol. The third-order valence-corrected chi connectivity index (χ3v) is 3.42. The second kappa shape index (κ2) is 7.14. The zero-order valence-corrected chi connectivity index (χ0v) is 15.7. The molecule has 0 aliphatic rings. The zero-order chi connectivity index (χ0) is 17.3. The van der Waals surface area contributed by atoms with Gasteiger partial charge in [0.05, 0.1) is 19.7 Å². The van der Waals surface area contributed by atoms with Crippen molar-refractivity contribution >= 4 is 29.1 Å². The summed E-state index contributed by atoms with van der Waals surface area (Å²) in [4.78, 5) is 13.4. The van der Waals surface area contributed by atoms with Crippen LogP contribution in [0.15, 0.2) is 30.9 Å². The smallest absolute Gasteiger partial charge is 0.237 e. The largest absolute Gasteiger partial charge is 0.493 e. The van der Waals surface area contributed by atoms with E-state index in [-0.39, 0.29) is 17.9 Å². The van der Waals surface area contributed by atoms with E-state index in [0.717, 1.165) is 16.7 Å². The van der Waals surface area contributed by atoms with Gasteiger partial charge in [-0.25, -0.2) is 9.97 Å². The molecule has 0 fully saturated rings. The van der Waals surface area contributed by atoms with Crippen molar-refractivity contribution in [2.24, 2.45) is 0 Å². The van der Waals surface area contributed by atoms with Gasteiger partial charge in [-0.15, -0.1) is 12.4 Å². The van der Waals surface area contributed by atoms with Gasteiger partial charge in [-0.1, -0.05) is 0 Å². The molecule has 0 atom stereocenters. The highest BCUT2D eigenvalue weighted by Gasteiger charge is 2.18. The van der Waals surface area contributed by atoms with Crippen molar-refractivity contribution in [1.82, 2.24) is 19.5 Å². The lowest BCUT2D eigenvalue weighted by molar-refractivity contribution is 0.356. The van der Waals surface area contributed by atoms with Crippen LogP contribution in [0.3, 0.4) is 0 Å². The third kappa shape index (κ3) is 3.93. The first-order chi connectivity index (χ1) is 11.4. The molecule has 0 amide bonds. The van der Waals surface area contributed by atoms with E-state index in [1.54, 1.807) is 31.3 Å². The van der Waals surface area contributed by atoms with Gasteiger partial charge < -0.3 is 14.8 Å². The summed E-state index contributed by atoms with van der Waals surface area (Å²) in [5.41, 5.74) is 0.610. The molecule has 3 aromatic rings. The van der Waals surface area contributed by atoms with Gasteiger partial charge in [0.1, 0.15) is 12.1 Å². The first kappa shape index (κ1) is 18.8. The fraction of sp³-hybridized carbons (Fsp3) is 0.353. The van der Waals surface area contributed by atoms with E-state index in [2.05, 4.69) is 41.0 Å². The van der Waals surface area contributed by atoms with Crippen LogP contribution in [0, 0.1) is 0 Å². The minimum absolute atomic E-state index is 0. The van der Waals surface area contributed by atoms with Crippen molar-refractivity contribution in [2.45, 2.75) is 26.3 Å². The standard InChI is InChI=1S/C17H21N5O2.ClH/c1-17(2,3)21-15-11-8-13(23-4)14(24-5)9-12(11)19-16(20-15)22-7-6-18-10-22;/h6-10H,1-5H3,(H,19,20,21);1H. The van der Waals surface area contributed by atoms with Crippen LogP contribution in [0.2, 0.25) is 0 Å². The Hall–Kier alpha value is -2.54. The Balaban J connectivity index is 0.00000225. The van der Waals surface area contributed by atoms with E-state index < -0.39 is 0 Å². The third-order valence-electron chi connectivity index (χ3n) is 3.42. The Morgan fingerprint density at radius 2 is 1.72 bits per heavy atom. The Labute approximate surface area is 152 Å². The van der Waals surface area contributed by atoms with Gasteiger partial charge in [0, 0.05) is 29.4 Å².